The Labute approximate surface area is 79.9 Å². The fourth-order valence-corrected chi connectivity index (χ4v) is 1.57. The van der Waals surface area contributed by atoms with Gasteiger partial charge in [0, 0.05) is 0 Å². The lowest BCUT2D eigenvalue weighted by Gasteiger charge is -2.14. The maximum Gasteiger partial charge on any atom is 0.472 e. The predicted octanol–water partition coefficient (Wildman–Crippen LogP) is 2.43. The van der Waals surface area contributed by atoms with Crippen LogP contribution in [0.4, 0.5) is 0 Å². The molecule has 0 fully saturated rings. The standard InChI is InChI=1S/C8H19O4P/c1-7(2)5-11-13(9,10)12-6-8(3)4/h7-8H,5-6H2,1-4H3,(H,9,10). The van der Waals surface area contributed by atoms with Crippen molar-refractivity contribution in [3.8, 4) is 0 Å². The molecule has 0 atom stereocenters. The van der Waals surface area contributed by atoms with Gasteiger partial charge in [0.1, 0.15) is 0 Å². The van der Waals surface area contributed by atoms with Crippen LogP contribution in [0.2, 0.25) is 0 Å². The molecule has 0 aliphatic carbocycles. The van der Waals surface area contributed by atoms with Crippen molar-refractivity contribution < 1.29 is 18.5 Å². The molecule has 0 aromatic rings. The molecule has 0 aromatic carbocycles. The average molecular weight is 210 g/mol. The van der Waals surface area contributed by atoms with Crippen molar-refractivity contribution in [1.82, 2.24) is 0 Å². The lowest BCUT2D eigenvalue weighted by molar-refractivity contribution is 0.126. The fraction of sp³-hybridized carbons (Fsp3) is 1.00. The molecular formula is C8H19O4P. The summed E-state index contributed by atoms with van der Waals surface area (Å²) >= 11 is 0. The summed E-state index contributed by atoms with van der Waals surface area (Å²) in [5.41, 5.74) is 0. The summed E-state index contributed by atoms with van der Waals surface area (Å²) in [5.74, 6) is 0.450. The summed E-state index contributed by atoms with van der Waals surface area (Å²) in [4.78, 5) is 9.12. The molecular weight excluding hydrogens is 191 g/mol. The van der Waals surface area contributed by atoms with E-state index in [1.165, 1.54) is 0 Å². The molecule has 0 saturated heterocycles. The zero-order valence-electron chi connectivity index (χ0n) is 8.69. The topological polar surface area (TPSA) is 55.8 Å². The van der Waals surface area contributed by atoms with Crippen molar-refractivity contribution in [3.05, 3.63) is 0 Å². The predicted molar refractivity (Wildman–Crippen MR) is 51.4 cm³/mol. The Morgan fingerprint density at radius 2 is 1.38 bits per heavy atom. The molecule has 0 aliphatic rings. The van der Waals surface area contributed by atoms with Crippen molar-refractivity contribution in [2.75, 3.05) is 13.2 Å². The highest BCUT2D eigenvalue weighted by molar-refractivity contribution is 7.47. The van der Waals surface area contributed by atoms with Gasteiger partial charge >= 0.3 is 7.82 Å². The second-order valence-corrected chi connectivity index (χ2v) is 5.30. The Hall–Kier alpha value is 0.110. The van der Waals surface area contributed by atoms with Crippen LogP contribution in [0.25, 0.3) is 0 Å². The molecule has 0 amide bonds. The van der Waals surface area contributed by atoms with Crippen LogP contribution in [-0.2, 0) is 13.6 Å². The van der Waals surface area contributed by atoms with E-state index in [0.29, 0.717) is 0 Å². The molecule has 0 saturated carbocycles. The first-order valence-electron chi connectivity index (χ1n) is 4.45. The van der Waals surface area contributed by atoms with Gasteiger partial charge in [-0.2, -0.15) is 0 Å². The molecule has 0 rings (SSSR count). The van der Waals surface area contributed by atoms with E-state index in [1.807, 2.05) is 27.7 Å². The summed E-state index contributed by atoms with van der Waals surface area (Å²) < 4.78 is 20.6. The highest BCUT2D eigenvalue weighted by Crippen LogP contribution is 2.43. The minimum absolute atomic E-state index is 0.225. The SMILES string of the molecule is CC(C)COP(=O)(O)OCC(C)C. The highest BCUT2D eigenvalue weighted by atomic mass is 31.2. The third-order valence-electron chi connectivity index (χ3n) is 1.14. The smallest absolute Gasteiger partial charge is 0.302 e. The summed E-state index contributed by atoms with van der Waals surface area (Å²) in [6.07, 6.45) is 0. The average Bonchev–Trinajstić information content (AvgIpc) is 1.98. The minimum atomic E-state index is -3.80. The molecule has 0 aromatic heterocycles. The molecule has 4 nitrogen and oxygen atoms in total. The second-order valence-electron chi connectivity index (χ2n) is 3.85. The molecule has 0 aliphatic heterocycles. The molecule has 80 valence electrons. The quantitative estimate of drug-likeness (QED) is 0.684. The molecule has 0 radical (unpaired) electrons. The third kappa shape index (κ3) is 8.44. The zero-order valence-corrected chi connectivity index (χ0v) is 9.58. The summed E-state index contributed by atoms with van der Waals surface area (Å²) in [7, 11) is -3.80. The number of phosphoric ester groups is 1. The van der Waals surface area contributed by atoms with Gasteiger partial charge in [-0.05, 0) is 11.8 Å². The van der Waals surface area contributed by atoms with E-state index in [0.717, 1.165) is 0 Å². The van der Waals surface area contributed by atoms with E-state index < -0.39 is 7.82 Å². The van der Waals surface area contributed by atoms with Crippen LogP contribution in [0.5, 0.6) is 0 Å². The van der Waals surface area contributed by atoms with E-state index in [1.54, 1.807) is 0 Å². The van der Waals surface area contributed by atoms with E-state index in [4.69, 9.17) is 13.9 Å². The van der Waals surface area contributed by atoms with Crippen molar-refractivity contribution in [2.45, 2.75) is 27.7 Å². The molecule has 0 bridgehead atoms. The van der Waals surface area contributed by atoms with Crippen LogP contribution in [0.3, 0.4) is 0 Å². The Bertz CT molecular complexity index is 163. The van der Waals surface area contributed by atoms with Gasteiger partial charge in [-0.15, -0.1) is 0 Å². The van der Waals surface area contributed by atoms with Crippen molar-refractivity contribution in [3.63, 3.8) is 0 Å². The Balaban J connectivity index is 3.74. The summed E-state index contributed by atoms with van der Waals surface area (Å²) in [5, 5.41) is 0. The second kappa shape index (κ2) is 5.76. The lowest BCUT2D eigenvalue weighted by Crippen LogP contribution is -2.05. The summed E-state index contributed by atoms with van der Waals surface area (Å²) in [6, 6.07) is 0. The first-order chi connectivity index (χ1) is 5.83. The Morgan fingerprint density at radius 1 is 1.08 bits per heavy atom. The van der Waals surface area contributed by atoms with Gasteiger partial charge in [0.05, 0.1) is 13.2 Å². The first-order valence-corrected chi connectivity index (χ1v) is 5.95. The third-order valence-corrected chi connectivity index (χ3v) is 2.09. The molecule has 5 heteroatoms. The lowest BCUT2D eigenvalue weighted by atomic mass is 10.2. The Morgan fingerprint density at radius 3 is 1.62 bits per heavy atom. The van der Waals surface area contributed by atoms with Gasteiger partial charge in [-0.1, -0.05) is 27.7 Å². The first kappa shape index (κ1) is 13.1. The van der Waals surface area contributed by atoms with Crippen molar-refractivity contribution >= 4 is 7.82 Å². The van der Waals surface area contributed by atoms with E-state index in [-0.39, 0.29) is 25.0 Å². The van der Waals surface area contributed by atoms with E-state index >= 15 is 0 Å². The maximum atomic E-state index is 11.1. The maximum absolute atomic E-state index is 11.1. The van der Waals surface area contributed by atoms with Gasteiger partial charge in [-0.3, -0.25) is 9.05 Å². The van der Waals surface area contributed by atoms with Crippen LogP contribution >= 0.6 is 7.82 Å². The monoisotopic (exact) mass is 210 g/mol. The number of hydrogen-bond acceptors (Lipinski definition) is 3. The Kier molecular flexibility index (Phi) is 5.81. The van der Waals surface area contributed by atoms with Crippen LogP contribution < -0.4 is 0 Å². The van der Waals surface area contributed by atoms with Crippen LogP contribution in [0.1, 0.15) is 27.7 Å². The van der Waals surface area contributed by atoms with Crippen molar-refractivity contribution in [1.29, 1.82) is 0 Å². The highest BCUT2D eigenvalue weighted by Gasteiger charge is 2.21. The van der Waals surface area contributed by atoms with Crippen LogP contribution in [0.15, 0.2) is 0 Å². The fourth-order valence-electron chi connectivity index (χ4n) is 0.524. The number of hydrogen-bond donors (Lipinski definition) is 1. The van der Waals surface area contributed by atoms with Crippen LogP contribution in [0, 0.1) is 11.8 Å². The molecule has 1 N–H and O–H groups in total. The van der Waals surface area contributed by atoms with E-state index in [2.05, 4.69) is 0 Å². The van der Waals surface area contributed by atoms with Crippen LogP contribution in [-0.4, -0.2) is 18.1 Å². The van der Waals surface area contributed by atoms with Gasteiger partial charge < -0.3 is 4.89 Å². The van der Waals surface area contributed by atoms with Gasteiger partial charge in [-0.25, -0.2) is 4.57 Å². The van der Waals surface area contributed by atoms with Gasteiger partial charge in [0.2, 0.25) is 0 Å². The molecule has 13 heavy (non-hydrogen) atoms. The number of rotatable bonds is 6. The summed E-state index contributed by atoms with van der Waals surface area (Å²) in [6.45, 7) is 8.10. The van der Waals surface area contributed by atoms with Gasteiger partial charge in [0.25, 0.3) is 0 Å². The minimum Gasteiger partial charge on any atom is -0.302 e. The van der Waals surface area contributed by atoms with Crippen molar-refractivity contribution in [2.24, 2.45) is 11.8 Å². The number of phosphoric acid groups is 1. The normalized spacial score (nSPS) is 12.8. The zero-order chi connectivity index (χ0) is 10.5. The van der Waals surface area contributed by atoms with Gasteiger partial charge in [0.15, 0.2) is 0 Å². The largest absolute Gasteiger partial charge is 0.472 e. The molecule has 0 unspecified atom stereocenters. The molecule has 0 heterocycles. The van der Waals surface area contributed by atoms with E-state index in [9.17, 15) is 4.57 Å². The molecule has 0 spiro atoms.